The summed E-state index contributed by atoms with van der Waals surface area (Å²) in [6.07, 6.45) is 6.78. The van der Waals surface area contributed by atoms with Gasteiger partial charge in [-0.2, -0.15) is 0 Å². The smallest absolute Gasteiger partial charge is 0.335 e. The maximum Gasteiger partial charge on any atom is 0.335 e. The first-order valence-electron chi connectivity index (χ1n) is 16.0. The molecule has 5 heterocycles. The van der Waals surface area contributed by atoms with Crippen LogP contribution in [0.15, 0.2) is 43.7 Å². The van der Waals surface area contributed by atoms with Gasteiger partial charge in [0.05, 0.1) is 17.6 Å². The maximum absolute atomic E-state index is 12.5. The quantitative estimate of drug-likeness (QED) is 0.301. The Balaban J connectivity index is 0.000000214. The average Bonchev–Trinajstić information content (AvgIpc) is 3.78. The fourth-order valence-electron chi connectivity index (χ4n) is 5.66. The van der Waals surface area contributed by atoms with Crippen LogP contribution in [-0.4, -0.2) is 89.5 Å². The van der Waals surface area contributed by atoms with Crippen molar-refractivity contribution in [3.8, 4) is 0 Å². The van der Waals surface area contributed by atoms with Gasteiger partial charge in [0, 0.05) is 58.0 Å². The number of esters is 2. The van der Waals surface area contributed by atoms with Crippen molar-refractivity contribution in [1.82, 2.24) is 19.1 Å². The Morgan fingerprint density at radius 3 is 2.34 bits per heavy atom. The second kappa shape index (κ2) is 17.3. The van der Waals surface area contributed by atoms with E-state index in [9.17, 15) is 28.8 Å². The van der Waals surface area contributed by atoms with Crippen LogP contribution in [0.1, 0.15) is 64.5 Å². The van der Waals surface area contributed by atoms with Crippen LogP contribution in [-0.2, 0) is 44.6 Å². The van der Waals surface area contributed by atoms with Gasteiger partial charge in [-0.3, -0.25) is 28.9 Å². The van der Waals surface area contributed by atoms with Gasteiger partial charge < -0.3 is 33.0 Å². The second-order valence-electron chi connectivity index (χ2n) is 11.7. The van der Waals surface area contributed by atoms with Crippen LogP contribution in [0.25, 0.3) is 0 Å². The van der Waals surface area contributed by atoms with Gasteiger partial charge in [0.1, 0.15) is 19.4 Å². The number of hydrogen-bond donors (Lipinski definition) is 2. The summed E-state index contributed by atoms with van der Waals surface area (Å²) in [7, 11) is 1.54. The summed E-state index contributed by atoms with van der Waals surface area (Å²) in [6, 6.07) is 2.56. The molecule has 0 amide bonds. The van der Waals surface area contributed by atoms with E-state index < -0.39 is 40.2 Å². The highest BCUT2D eigenvalue weighted by Gasteiger charge is 2.40. The van der Waals surface area contributed by atoms with Crippen molar-refractivity contribution in [1.29, 1.82) is 0 Å². The lowest BCUT2D eigenvalue weighted by atomic mass is 9.78. The standard InChI is InChI=1S/C17H26N2O6.C14H18N2O6/c1-3-17(6-10-24-11-7-17)15(21)25-12-13(23-2)4-8-19-9-5-14(20)18-16(19)22;17-11-5-6-16(14(19)15-11)12-4-3-9(22-12)8-21-13(18)10-2-1-7-20-10/h5,9,13H,3-4,6-8,10-12H2,1-2H3,(H,18,20,22);5-6,9-10,12H,1-4,7-8H2,(H,15,17,19). The SMILES string of the molecule is CCC1(C(=O)OCC(CCn2ccc(=O)[nH]c2=O)OC)CCOCC1.O=C(OCC1CCC(n2ccc(=O)[nH]c2=O)O1)C1CCCO1. The van der Waals surface area contributed by atoms with Crippen molar-refractivity contribution in [2.24, 2.45) is 5.41 Å². The van der Waals surface area contributed by atoms with Crippen molar-refractivity contribution in [2.75, 3.05) is 40.1 Å². The third-order valence-electron chi connectivity index (χ3n) is 8.73. The molecule has 0 bridgehead atoms. The van der Waals surface area contributed by atoms with E-state index in [1.54, 1.807) is 0 Å². The fourth-order valence-corrected chi connectivity index (χ4v) is 5.66. The lowest BCUT2D eigenvalue weighted by molar-refractivity contribution is -0.166. The van der Waals surface area contributed by atoms with Crippen molar-refractivity contribution in [3.05, 3.63) is 66.2 Å². The van der Waals surface area contributed by atoms with Gasteiger partial charge in [-0.25, -0.2) is 14.4 Å². The number of nitrogens with one attached hydrogen (secondary N) is 2. The number of H-pyrrole nitrogens is 2. The minimum atomic E-state index is -0.505. The highest BCUT2D eigenvalue weighted by atomic mass is 16.6. The summed E-state index contributed by atoms with van der Waals surface area (Å²) in [4.78, 5) is 74.1. The number of aromatic amines is 2. The van der Waals surface area contributed by atoms with Crippen LogP contribution in [0.2, 0.25) is 0 Å². The molecule has 2 N–H and O–H groups in total. The largest absolute Gasteiger partial charge is 0.462 e. The van der Waals surface area contributed by atoms with Crippen molar-refractivity contribution in [2.45, 2.75) is 89.4 Å². The zero-order chi connectivity index (χ0) is 33.8. The third kappa shape index (κ3) is 10.1. The Bertz CT molecular complexity index is 1550. The molecule has 0 aromatic carbocycles. The second-order valence-corrected chi connectivity index (χ2v) is 11.7. The molecule has 3 aliphatic heterocycles. The van der Waals surface area contributed by atoms with Gasteiger partial charge in [-0.15, -0.1) is 0 Å². The first-order chi connectivity index (χ1) is 22.6. The van der Waals surface area contributed by atoms with E-state index in [-0.39, 0.29) is 37.4 Å². The third-order valence-corrected chi connectivity index (χ3v) is 8.73. The summed E-state index contributed by atoms with van der Waals surface area (Å²) >= 11 is 0. The van der Waals surface area contributed by atoms with E-state index in [4.69, 9.17) is 28.4 Å². The molecule has 5 rings (SSSR count). The molecule has 3 saturated heterocycles. The molecule has 3 aliphatic rings. The minimum absolute atomic E-state index is 0.135. The Labute approximate surface area is 270 Å². The summed E-state index contributed by atoms with van der Waals surface area (Å²) in [6.45, 7) is 4.37. The van der Waals surface area contributed by atoms with Crippen LogP contribution in [0, 0.1) is 5.41 Å². The normalized spacial score (nSPS) is 22.6. The molecule has 0 saturated carbocycles. The molecule has 16 nitrogen and oxygen atoms in total. The van der Waals surface area contributed by atoms with Crippen LogP contribution in [0.3, 0.4) is 0 Å². The highest BCUT2D eigenvalue weighted by Crippen LogP contribution is 2.35. The lowest BCUT2D eigenvalue weighted by Gasteiger charge is -2.34. The number of methoxy groups -OCH3 is 1. The van der Waals surface area contributed by atoms with E-state index in [0.717, 1.165) is 12.8 Å². The number of aryl methyl sites for hydroxylation is 1. The van der Waals surface area contributed by atoms with Crippen LogP contribution in [0.4, 0.5) is 0 Å². The number of rotatable bonds is 12. The number of carbonyl (C=O) groups excluding carboxylic acids is 2. The fraction of sp³-hybridized carbons (Fsp3) is 0.677. The molecule has 2 aromatic heterocycles. The van der Waals surface area contributed by atoms with Gasteiger partial charge in [0.15, 0.2) is 6.10 Å². The van der Waals surface area contributed by atoms with Gasteiger partial charge in [-0.05, 0) is 51.4 Å². The van der Waals surface area contributed by atoms with Gasteiger partial charge >= 0.3 is 23.3 Å². The van der Waals surface area contributed by atoms with Gasteiger partial charge in [0.25, 0.3) is 11.1 Å². The summed E-state index contributed by atoms with van der Waals surface area (Å²) in [5, 5.41) is 0. The zero-order valence-electron chi connectivity index (χ0n) is 26.8. The zero-order valence-corrected chi connectivity index (χ0v) is 26.8. The molecule has 4 unspecified atom stereocenters. The van der Waals surface area contributed by atoms with Crippen LogP contribution < -0.4 is 22.5 Å². The summed E-state index contributed by atoms with van der Waals surface area (Å²) in [5.41, 5.74) is -2.31. The van der Waals surface area contributed by atoms with Crippen molar-refractivity contribution >= 4 is 11.9 Å². The molecule has 260 valence electrons. The highest BCUT2D eigenvalue weighted by molar-refractivity contribution is 5.77. The number of nitrogens with zero attached hydrogens (tertiary/aromatic N) is 2. The minimum Gasteiger partial charge on any atom is -0.462 e. The monoisotopic (exact) mass is 664 g/mol. The number of aromatic nitrogens is 4. The van der Waals surface area contributed by atoms with Gasteiger partial charge in [-0.1, -0.05) is 6.92 Å². The Morgan fingerprint density at radius 1 is 0.979 bits per heavy atom. The predicted octanol–water partition coefficient (Wildman–Crippen LogP) is 0.628. The number of carbonyl (C=O) groups is 2. The molecule has 2 aromatic rings. The van der Waals surface area contributed by atoms with Crippen molar-refractivity contribution < 1.29 is 38.0 Å². The number of hydrogen-bond acceptors (Lipinski definition) is 12. The van der Waals surface area contributed by atoms with Crippen LogP contribution >= 0.6 is 0 Å². The lowest BCUT2D eigenvalue weighted by Crippen LogP contribution is -2.39. The topological polar surface area (TPSA) is 199 Å². The molecule has 0 aliphatic carbocycles. The first kappa shape index (κ1) is 36.0. The molecular formula is C31H44N4O12. The molecule has 16 heteroatoms. The van der Waals surface area contributed by atoms with E-state index >= 15 is 0 Å². The molecule has 0 spiro atoms. The Hall–Kier alpha value is -3.86. The Kier molecular flexibility index (Phi) is 13.3. The number of ether oxygens (including phenoxy) is 6. The maximum atomic E-state index is 12.5. The predicted molar refractivity (Wildman–Crippen MR) is 165 cm³/mol. The van der Waals surface area contributed by atoms with E-state index in [2.05, 4.69) is 9.97 Å². The average molecular weight is 665 g/mol. The van der Waals surface area contributed by atoms with E-state index in [1.807, 2.05) is 6.92 Å². The van der Waals surface area contributed by atoms with E-state index in [0.29, 0.717) is 64.9 Å². The Morgan fingerprint density at radius 2 is 1.70 bits per heavy atom. The molecule has 47 heavy (non-hydrogen) atoms. The van der Waals surface area contributed by atoms with Crippen molar-refractivity contribution in [3.63, 3.8) is 0 Å². The van der Waals surface area contributed by atoms with E-state index in [1.165, 1.54) is 40.8 Å². The molecule has 4 atom stereocenters. The summed E-state index contributed by atoms with van der Waals surface area (Å²) in [5.74, 6) is -0.563. The molecular weight excluding hydrogens is 620 g/mol. The first-order valence-corrected chi connectivity index (χ1v) is 16.0. The summed E-state index contributed by atoms with van der Waals surface area (Å²) < 4.78 is 35.1. The van der Waals surface area contributed by atoms with Crippen LogP contribution in [0.5, 0.6) is 0 Å². The molecule has 3 fully saturated rings. The van der Waals surface area contributed by atoms with Gasteiger partial charge in [0.2, 0.25) is 0 Å². The molecule has 0 radical (unpaired) electrons.